The van der Waals surface area contributed by atoms with Crippen LogP contribution in [0.5, 0.6) is 0 Å². The average molecular weight is 286 g/mol. The zero-order chi connectivity index (χ0) is 14.8. The summed E-state index contributed by atoms with van der Waals surface area (Å²) in [5.74, 6) is 0.397. The van der Waals surface area contributed by atoms with Gasteiger partial charge in [-0.25, -0.2) is 0 Å². The first kappa shape index (κ1) is 15.2. The topological polar surface area (TPSA) is 15.3 Å². The molecule has 0 aromatic heterocycles. The Kier molecular flexibility index (Phi) is 4.58. The number of halogens is 3. The first-order valence-electron chi connectivity index (χ1n) is 7.04. The van der Waals surface area contributed by atoms with E-state index in [4.69, 9.17) is 0 Å². The van der Waals surface area contributed by atoms with E-state index in [0.29, 0.717) is 24.7 Å². The highest BCUT2D eigenvalue weighted by Crippen LogP contribution is 2.36. The fourth-order valence-corrected chi connectivity index (χ4v) is 2.61. The summed E-state index contributed by atoms with van der Waals surface area (Å²) in [6.07, 6.45) is -3.45. The van der Waals surface area contributed by atoms with Crippen LogP contribution in [0.3, 0.4) is 0 Å². The fourth-order valence-electron chi connectivity index (χ4n) is 2.61. The first-order chi connectivity index (χ1) is 9.39. The molecule has 1 aromatic rings. The second kappa shape index (κ2) is 6.04. The van der Waals surface area contributed by atoms with Crippen molar-refractivity contribution >= 4 is 5.69 Å². The molecule has 1 saturated heterocycles. The van der Waals surface area contributed by atoms with E-state index < -0.39 is 11.7 Å². The number of hydrogen-bond donors (Lipinski definition) is 1. The molecule has 0 bridgehead atoms. The highest BCUT2D eigenvalue weighted by Gasteiger charge is 2.35. The number of benzene rings is 1. The van der Waals surface area contributed by atoms with Gasteiger partial charge < -0.3 is 10.2 Å². The number of para-hydroxylation sites is 1. The highest BCUT2D eigenvalue weighted by atomic mass is 19.4. The summed E-state index contributed by atoms with van der Waals surface area (Å²) in [4.78, 5) is 1.87. The van der Waals surface area contributed by atoms with Gasteiger partial charge in [-0.1, -0.05) is 26.0 Å². The van der Waals surface area contributed by atoms with E-state index >= 15 is 0 Å². The Morgan fingerprint density at radius 2 is 1.95 bits per heavy atom. The van der Waals surface area contributed by atoms with E-state index in [1.54, 1.807) is 12.1 Å². The Morgan fingerprint density at radius 1 is 1.25 bits per heavy atom. The summed E-state index contributed by atoms with van der Waals surface area (Å²) in [5.41, 5.74) is -0.237. The van der Waals surface area contributed by atoms with Crippen LogP contribution in [0.25, 0.3) is 0 Å². The standard InChI is InChI=1S/C15H21F3N2/c1-11(2)13-10-20(9-5-8-19-13)14-7-4-3-6-12(14)15(16,17)18/h3-4,6-7,11,13,19H,5,8-10H2,1-2H3. The third-order valence-corrected chi connectivity index (χ3v) is 3.78. The van der Waals surface area contributed by atoms with Crippen molar-refractivity contribution in [3.05, 3.63) is 29.8 Å². The molecule has 1 heterocycles. The molecule has 0 spiro atoms. The van der Waals surface area contributed by atoms with Crippen LogP contribution in [0.4, 0.5) is 18.9 Å². The molecule has 1 atom stereocenters. The molecule has 2 nitrogen and oxygen atoms in total. The predicted molar refractivity (Wildman–Crippen MR) is 74.9 cm³/mol. The lowest BCUT2D eigenvalue weighted by molar-refractivity contribution is -0.137. The largest absolute Gasteiger partial charge is 0.418 e. The van der Waals surface area contributed by atoms with E-state index in [9.17, 15) is 13.2 Å². The summed E-state index contributed by atoms with van der Waals surface area (Å²) >= 11 is 0. The van der Waals surface area contributed by atoms with Crippen molar-refractivity contribution in [2.24, 2.45) is 5.92 Å². The maximum absolute atomic E-state index is 13.1. The SMILES string of the molecule is CC(C)C1CN(c2ccccc2C(F)(F)F)CCCN1. The van der Waals surface area contributed by atoms with Gasteiger partial charge in [0.05, 0.1) is 5.56 Å². The van der Waals surface area contributed by atoms with Crippen molar-refractivity contribution in [1.29, 1.82) is 0 Å². The molecule has 1 N–H and O–H groups in total. The normalized spacial score (nSPS) is 21.1. The summed E-state index contributed by atoms with van der Waals surface area (Å²) in [6, 6.07) is 6.08. The zero-order valence-electron chi connectivity index (χ0n) is 11.9. The van der Waals surface area contributed by atoms with Gasteiger partial charge in [-0.2, -0.15) is 13.2 Å². The van der Waals surface area contributed by atoms with Crippen LogP contribution >= 0.6 is 0 Å². The lowest BCUT2D eigenvalue weighted by atomic mass is 10.0. The summed E-state index contributed by atoms with van der Waals surface area (Å²) in [6.45, 7) is 6.31. The van der Waals surface area contributed by atoms with E-state index in [2.05, 4.69) is 19.2 Å². The molecular formula is C15H21F3N2. The monoisotopic (exact) mass is 286 g/mol. The van der Waals surface area contributed by atoms with Crippen LogP contribution in [0.15, 0.2) is 24.3 Å². The van der Waals surface area contributed by atoms with Crippen LogP contribution in [0.2, 0.25) is 0 Å². The molecule has 0 saturated carbocycles. The molecule has 112 valence electrons. The Bertz CT molecular complexity index is 443. The van der Waals surface area contributed by atoms with Gasteiger partial charge in [0.25, 0.3) is 0 Å². The summed E-state index contributed by atoms with van der Waals surface area (Å²) < 4.78 is 39.4. The van der Waals surface area contributed by atoms with Crippen LogP contribution in [0, 0.1) is 5.92 Å². The number of anilines is 1. The molecule has 20 heavy (non-hydrogen) atoms. The van der Waals surface area contributed by atoms with Crippen molar-refractivity contribution in [2.75, 3.05) is 24.5 Å². The van der Waals surface area contributed by atoms with Crippen molar-refractivity contribution in [1.82, 2.24) is 5.32 Å². The van der Waals surface area contributed by atoms with Crippen molar-refractivity contribution in [3.8, 4) is 0 Å². The van der Waals surface area contributed by atoms with Crippen molar-refractivity contribution < 1.29 is 13.2 Å². The molecule has 1 unspecified atom stereocenters. The van der Waals surface area contributed by atoms with E-state index in [1.165, 1.54) is 6.07 Å². The molecule has 0 amide bonds. The van der Waals surface area contributed by atoms with Gasteiger partial charge in [0.1, 0.15) is 0 Å². The third kappa shape index (κ3) is 3.45. The Hall–Kier alpha value is -1.23. The Labute approximate surface area is 118 Å². The van der Waals surface area contributed by atoms with Crippen LogP contribution in [-0.4, -0.2) is 25.7 Å². The van der Waals surface area contributed by atoms with Gasteiger partial charge in [-0.3, -0.25) is 0 Å². The number of nitrogens with zero attached hydrogens (tertiary/aromatic N) is 1. The third-order valence-electron chi connectivity index (χ3n) is 3.78. The van der Waals surface area contributed by atoms with Gasteiger partial charge >= 0.3 is 6.18 Å². The van der Waals surface area contributed by atoms with Gasteiger partial charge in [0, 0.05) is 24.8 Å². The van der Waals surface area contributed by atoms with Crippen LogP contribution in [0.1, 0.15) is 25.8 Å². The van der Waals surface area contributed by atoms with Crippen molar-refractivity contribution in [2.45, 2.75) is 32.5 Å². The number of hydrogen-bond acceptors (Lipinski definition) is 2. The smallest absolute Gasteiger partial charge is 0.369 e. The average Bonchev–Trinajstić information content (AvgIpc) is 2.63. The maximum atomic E-state index is 13.1. The number of rotatable bonds is 2. The first-order valence-corrected chi connectivity index (χ1v) is 7.04. The molecule has 0 aliphatic carbocycles. The highest BCUT2D eigenvalue weighted by molar-refractivity contribution is 5.55. The maximum Gasteiger partial charge on any atom is 0.418 e. The van der Waals surface area contributed by atoms with Gasteiger partial charge in [-0.15, -0.1) is 0 Å². The van der Waals surface area contributed by atoms with Gasteiger partial charge in [0.15, 0.2) is 0 Å². The van der Waals surface area contributed by atoms with Crippen LogP contribution < -0.4 is 10.2 Å². The summed E-state index contributed by atoms with van der Waals surface area (Å²) in [7, 11) is 0. The van der Waals surface area contributed by atoms with Gasteiger partial charge in [0.2, 0.25) is 0 Å². The Morgan fingerprint density at radius 3 is 2.60 bits per heavy atom. The molecule has 1 aliphatic heterocycles. The molecule has 1 fully saturated rings. The molecule has 0 radical (unpaired) electrons. The van der Waals surface area contributed by atoms with Crippen LogP contribution in [-0.2, 0) is 6.18 Å². The fraction of sp³-hybridized carbons (Fsp3) is 0.600. The minimum absolute atomic E-state index is 0.221. The minimum atomic E-state index is -4.30. The predicted octanol–water partition coefficient (Wildman–Crippen LogP) is 3.53. The quantitative estimate of drug-likeness (QED) is 0.894. The zero-order valence-corrected chi connectivity index (χ0v) is 11.9. The van der Waals surface area contributed by atoms with E-state index in [1.807, 2.05) is 4.90 Å². The molecular weight excluding hydrogens is 265 g/mol. The van der Waals surface area contributed by atoms with E-state index in [0.717, 1.165) is 19.0 Å². The summed E-state index contributed by atoms with van der Waals surface area (Å²) in [5, 5.41) is 3.42. The molecule has 1 aromatic carbocycles. The Balaban J connectivity index is 2.30. The number of alkyl halides is 3. The minimum Gasteiger partial charge on any atom is -0.369 e. The molecule has 5 heteroatoms. The molecule has 1 aliphatic rings. The second-order valence-corrected chi connectivity index (χ2v) is 5.62. The lowest BCUT2D eigenvalue weighted by Crippen LogP contribution is -2.41. The van der Waals surface area contributed by atoms with E-state index in [-0.39, 0.29) is 6.04 Å². The molecule has 2 rings (SSSR count). The van der Waals surface area contributed by atoms with Gasteiger partial charge in [-0.05, 0) is 31.0 Å². The second-order valence-electron chi connectivity index (χ2n) is 5.62. The number of nitrogens with one attached hydrogen (secondary N) is 1. The lowest BCUT2D eigenvalue weighted by Gasteiger charge is -2.30. The van der Waals surface area contributed by atoms with Crippen molar-refractivity contribution in [3.63, 3.8) is 0 Å².